The molecule has 0 atom stereocenters. The van der Waals surface area contributed by atoms with Crippen LogP contribution < -0.4 is 4.74 Å². The fourth-order valence-electron chi connectivity index (χ4n) is 2.80. The number of hydrogen-bond donors (Lipinski definition) is 0. The number of halogens is 1. The van der Waals surface area contributed by atoms with Crippen molar-refractivity contribution in [1.82, 2.24) is 4.90 Å². The number of ether oxygens (including phenoxy) is 2. The minimum absolute atomic E-state index is 0. The first-order chi connectivity index (χ1) is 11.5. The Morgan fingerprint density at radius 1 is 1.12 bits per heavy atom. The highest BCUT2D eigenvalue weighted by Gasteiger charge is 2.19. The van der Waals surface area contributed by atoms with E-state index in [1.54, 1.807) is 0 Å². The van der Waals surface area contributed by atoms with Gasteiger partial charge in [0, 0.05) is 31.1 Å². The van der Waals surface area contributed by atoms with Crippen LogP contribution in [-0.4, -0.2) is 48.8 Å². The predicted molar refractivity (Wildman–Crippen MR) is 108 cm³/mol. The molecule has 0 bridgehead atoms. The van der Waals surface area contributed by atoms with Crippen molar-refractivity contribution in [2.45, 2.75) is 39.5 Å². The van der Waals surface area contributed by atoms with Gasteiger partial charge in [-0.15, -0.1) is 12.4 Å². The zero-order valence-electron chi connectivity index (χ0n) is 15.6. The van der Waals surface area contributed by atoms with Crippen molar-refractivity contribution in [3.63, 3.8) is 0 Å². The van der Waals surface area contributed by atoms with E-state index in [9.17, 15) is 4.79 Å². The lowest BCUT2D eigenvalue weighted by Gasteiger charge is -2.25. The number of para-hydroxylation sites is 1. The first-order valence-electron chi connectivity index (χ1n) is 8.76. The maximum absolute atomic E-state index is 12.1. The van der Waals surface area contributed by atoms with Gasteiger partial charge in [0.05, 0.1) is 0 Å². The maximum Gasteiger partial charge on any atom is 0.513 e. The Kier molecular flexibility index (Phi) is 9.69. The summed E-state index contributed by atoms with van der Waals surface area (Å²) in [6, 6.07) is 6.06. The molecular formula is C19H30ClNO3S. The molecule has 0 radical (unpaired) electrons. The molecule has 1 saturated heterocycles. The Balaban J connectivity index is 0.00000312. The highest BCUT2D eigenvalue weighted by Crippen LogP contribution is 2.34. The van der Waals surface area contributed by atoms with Crippen LogP contribution in [0.2, 0.25) is 0 Å². The molecule has 0 aromatic heterocycles. The number of nitrogens with zero attached hydrogens (tertiary/aromatic N) is 1. The number of thioether (sulfide) groups is 1. The summed E-state index contributed by atoms with van der Waals surface area (Å²) < 4.78 is 10.9. The fraction of sp³-hybridized carbons (Fsp3) is 0.632. The molecule has 1 heterocycles. The van der Waals surface area contributed by atoms with Crippen LogP contribution in [0.15, 0.2) is 18.2 Å². The third-order valence-electron chi connectivity index (χ3n) is 4.24. The molecule has 25 heavy (non-hydrogen) atoms. The summed E-state index contributed by atoms with van der Waals surface area (Å²) in [7, 11) is 0. The first-order valence-corrected chi connectivity index (χ1v) is 9.92. The molecule has 2 rings (SSSR count). The minimum Gasteiger partial charge on any atom is -0.433 e. The van der Waals surface area contributed by atoms with Crippen LogP contribution in [-0.2, 0) is 4.74 Å². The van der Waals surface area contributed by atoms with Crippen molar-refractivity contribution in [2.24, 2.45) is 0 Å². The van der Waals surface area contributed by atoms with Crippen LogP contribution in [0, 0.1) is 0 Å². The maximum atomic E-state index is 12.1. The monoisotopic (exact) mass is 387 g/mol. The quantitative estimate of drug-likeness (QED) is 0.511. The van der Waals surface area contributed by atoms with E-state index in [0.717, 1.165) is 42.3 Å². The van der Waals surface area contributed by atoms with Crippen molar-refractivity contribution in [3.05, 3.63) is 29.3 Å². The molecule has 0 saturated carbocycles. The lowest BCUT2D eigenvalue weighted by molar-refractivity contribution is 0.0876. The van der Waals surface area contributed by atoms with Gasteiger partial charge in [-0.25, -0.2) is 4.79 Å². The average molecular weight is 388 g/mol. The standard InChI is InChI=1S/C19H29NO3S.ClH/c1-14(2)16-6-5-7-17(15(3)4)18(16)23-19(21)22-11-8-20-9-12-24-13-10-20;/h5-7,14-15H,8-13H2,1-4H3;1H. The van der Waals surface area contributed by atoms with E-state index in [1.807, 2.05) is 30.0 Å². The van der Waals surface area contributed by atoms with E-state index in [-0.39, 0.29) is 24.2 Å². The number of rotatable bonds is 6. The van der Waals surface area contributed by atoms with Gasteiger partial charge in [0.15, 0.2) is 0 Å². The molecule has 1 aromatic rings. The summed E-state index contributed by atoms with van der Waals surface area (Å²) in [5.41, 5.74) is 2.09. The van der Waals surface area contributed by atoms with Crippen LogP contribution in [0.1, 0.15) is 50.7 Å². The minimum atomic E-state index is -0.601. The Labute approximate surface area is 162 Å². The summed E-state index contributed by atoms with van der Waals surface area (Å²) in [5.74, 6) is 3.56. The van der Waals surface area contributed by atoms with Crippen LogP contribution >= 0.6 is 24.2 Å². The molecule has 0 unspecified atom stereocenters. The SMILES string of the molecule is CC(C)c1cccc(C(C)C)c1OC(=O)OCCN1CCSCC1.Cl. The Bertz CT molecular complexity index is 519. The predicted octanol–water partition coefficient (Wildman–Crippen LogP) is 4.92. The summed E-state index contributed by atoms with van der Waals surface area (Å²) in [4.78, 5) is 14.5. The van der Waals surface area contributed by atoms with Gasteiger partial charge in [-0.2, -0.15) is 11.8 Å². The molecule has 1 fully saturated rings. The third-order valence-corrected chi connectivity index (χ3v) is 5.18. The first kappa shape index (κ1) is 22.1. The summed E-state index contributed by atoms with van der Waals surface area (Å²) in [6.07, 6.45) is -0.601. The normalized spacial score (nSPS) is 15.1. The van der Waals surface area contributed by atoms with Crippen molar-refractivity contribution >= 4 is 30.3 Å². The van der Waals surface area contributed by atoms with E-state index >= 15 is 0 Å². The summed E-state index contributed by atoms with van der Waals surface area (Å²) in [6.45, 7) is 11.7. The second kappa shape index (κ2) is 10.9. The van der Waals surface area contributed by atoms with Gasteiger partial charge in [0.1, 0.15) is 12.4 Å². The van der Waals surface area contributed by atoms with E-state index < -0.39 is 6.16 Å². The number of carbonyl (C=O) groups is 1. The van der Waals surface area contributed by atoms with Crippen molar-refractivity contribution in [1.29, 1.82) is 0 Å². The molecule has 4 nitrogen and oxygen atoms in total. The second-order valence-corrected chi connectivity index (χ2v) is 7.95. The van der Waals surface area contributed by atoms with Crippen LogP contribution in [0.3, 0.4) is 0 Å². The summed E-state index contributed by atoms with van der Waals surface area (Å²) in [5, 5.41) is 0. The lowest BCUT2D eigenvalue weighted by Crippen LogP contribution is -2.35. The van der Waals surface area contributed by atoms with E-state index in [0.29, 0.717) is 12.4 Å². The summed E-state index contributed by atoms with van der Waals surface area (Å²) >= 11 is 1.97. The van der Waals surface area contributed by atoms with E-state index in [1.165, 1.54) is 0 Å². The molecule has 1 aromatic carbocycles. The fourth-order valence-corrected chi connectivity index (χ4v) is 3.77. The van der Waals surface area contributed by atoms with Crippen molar-refractivity contribution < 1.29 is 14.3 Å². The largest absolute Gasteiger partial charge is 0.513 e. The number of benzene rings is 1. The Morgan fingerprint density at radius 2 is 1.68 bits per heavy atom. The Morgan fingerprint density at radius 3 is 2.20 bits per heavy atom. The van der Waals surface area contributed by atoms with Gasteiger partial charge < -0.3 is 9.47 Å². The van der Waals surface area contributed by atoms with Gasteiger partial charge in [-0.3, -0.25) is 4.90 Å². The Hall–Kier alpha value is -0.910. The third kappa shape index (κ3) is 6.72. The van der Waals surface area contributed by atoms with Crippen LogP contribution in [0.25, 0.3) is 0 Å². The molecule has 0 spiro atoms. The average Bonchev–Trinajstić information content (AvgIpc) is 2.55. The topological polar surface area (TPSA) is 38.8 Å². The van der Waals surface area contributed by atoms with Crippen molar-refractivity contribution in [2.75, 3.05) is 37.7 Å². The second-order valence-electron chi connectivity index (χ2n) is 6.73. The number of hydrogen-bond acceptors (Lipinski definition) is 5. The van der Waals surface area contributed by atoms with Gasteiger partial charge >= 0.3 is 6.16 Å². The molecule has 6 heteroatoms. The molecular weight excluding hydrogens is 358 g/mol. The van der Waals surface area contributed by atoms with Gasteiger partial charge in [-0.1, -0.05) is 45.9 Å². The van der Waals surface area contributed by atoms with Crippen LogP contribution in [0.5, 0.6) is 5.75 Å². The highest BCUT2D eigenvalue weighted by atomic mass is 35.5. The van der Waals surface area contributed by atoms with Gasteiger partial charge in [0.25, 0.3) is 0 Å². The zero-order valence-corrected chi connectivity index (χ0v) is 17.3. The molecule has 142 valence electrons. The molecule has 0 N–H and O–H groups in total. The van der Waals surface area contributed by atoms with Gasteiger partial charge in [-0.05, 0) is 23.0 Å². The number of carbonyl (C=O) groups excluding carboxylic acids is 1. The molecule has 0 aliphatic carbocycles. The molecule has 1 aliphatic heterocycles. The molecule has 0 amide bonds. The highest BCUT2D eigenvalue weighted by molar-refractivity contribution is 7.99. The molecule has 1 aliphatic rings. The van der Waals surface area contributed by atoms with Gasteiger partial charge in [0.2, 0.25) is 0 Å². The zero-order chi connectivity index (χ0) is 17.5. The smallest absolute Gasteiger partial charge is 0.433 e. The van der Waals surface area contributed by atoms with Crippen molar-refractivity contribution in [3.8, 4) is 5.75 Å². The van der Waals surface area contributed by atoms with Crippen LogP contribution in [0.4, 0.5) is 4.79 Å². The van der Waals surface area contributed by atoms with E-state index in [4.69, 9.17) is 9.47 Å². The van der Waals surface area contributed by atoms with E-state index in [2.05, 4.69) is 32.6 Å². The lowest BCUT2D eigenvalue weighted by atomic mass is 9.94.